The minimum absolute atomic E-state index is 0.0390. The lowest BCUT2D eigenvalue weighted by Gasteiger charge is -2.09. The van der Waals surface area contributed by atoms with E-state index in [1.165, 1.54) is 7.11 Å². The highest BCUT2D eigenvalue weighted by Crippen LogP contribution is 2.33. The average molecular weight is 313 g/mol. The molecule has 0 saturated carbocycles. The molecule has 1 rings (SSSR count). The Morgan fingerprint density at radius 3 is 2.47 bits per heavy atom. The molecule has 0 bridgehead atoms. The summed E-state index contributed by atoms with van der Waals surface area (Å²) in [6, 6.07) is 3.30. The minimum atomic E-state index is -0.302. The molecule has 0 atom stereocenters. The van der Waals surface area contributed by atoms with E-state index in [0.717, 1.165) is 4.47 Å². The number of carbonyl (C=O) groups excluding carboxylic acids is 1. The van der Waals surface area contributed by atoms with Crippen LogP contribution in [0.25, 0.3) is 0 Å². The van der Waals surface area contributed by atoms with Crippen LogP contribution in [0, 0.1) is 0 Å². The largest absolute Gasteiger partial charge is 0.375 e. The van der Waals surface area contributed by atoms with Crippen LogP contribution >= 0.6 is 39.1 Å². The summed E-state index contributed by atoms with van der Waals surface area (Å²) in [7, 11) is 1.43. The monoisotopic (exact) mass is 311 g/mol. The standard InChI is InChI=1S/C9H8BrCl2NO2/c1-15-4-8(14)13-9-6(11)2-5(10)3-7(9)12/h2-3H,4H2,1H3,(H,13,14). The van der Waals surface area contributed by atoms with E-state index in [-0.39, 0.29) is 12.5 Å². The Kier molecular flexibility index (Phi) is 4.86. The van der Waals surface area contributed by atoms with Crippen LogP contribution in [0.1, 0.15) is 0 Å². The molecule has 0 heterocycles. The van der Waals surface area contributed by atoms with Crippen molar-refractivity contribution in [2.24, 2.45) is 0 Å². The molecule has 0 radical (unpaired) electrons. The molecule has 0 unspecified atom stereocenters. The van der Waals surface area contributed by atoms with Crippen LogP contribution < -0.4 is 5.32 Å². The van der Waals surface area contributed by atoms with Crippen molar-refractivity contribution >= 4 is 50.7 Å². The van der Waals surface area contributed by atoms with Crippen molar-refractivity contribution in [3.8, 4) is 0 Å². The lowest BCUT2D eigenvalue weighted by Crippen LogP contribution is -2.17. The summed E-state index contributed by atoms with van der Waals surface area (Å²) in [6.45, 7) is -0.0390. The van der Waals surface area contributed by atoms with Gasteiger partial charge in [-0.3, -0.25) is 4.79 Å². The molecule has 6 heteroatoms. The van der Waals surface area contributed by atoms with Gasteiger partial charge in [-0.15, -0.1) is 0 Å². The molecule has 1 N–H and O–H groups in total. The predicted octanol–water partition coefficient (Wildman–Crippen LogP) is 3.34. The van der Waals surface area contributed by atoms with Gasteiger partial charge < -0.3 is 10.1 Å². The van der Waals surface area contributed by atoms with Crippen LogP contribution in [-0.2, 0) is 9.53 Å². The zero-order chi connectivity index (χ0) is 11.4. The number of amides is 1. The number of benzene rings is 1. The highest BCUT2D eigenvalue weighted by Gasteiger charge is 2.10. The Bertz CT molecular complexity index is 361. The fourth-order valence-electron chi connectivity index (χ4n) is 0.968. The molecule has 0 aliphatic carbocycles. The summed E-state index contributed by atoms with van der Waals surface area (Å²) >= 11 is 15.1. The number of ether oxygens (including phenoxy) is 1. The number of anilines is 1. The quantitative estimate of drug-likeness (QED) is 0.929. The third-order valence-electron chi connectivity index (χ3n) is 1.55. The molecule has 1 aromatic rings. The number of nitrogens with one attached hydrogen (secondary N) is 1. The van der Waals surface area contributed by atoms with E-state index in [0.29, 0.717) is 15.7 Å². The fraction of sp³-hybridized carbons (Fsp3) is 0.222. The summed E-state index contributed by atoms with van der Waals surface area (Å²) < 4.78 is 5.42. The average Bonchev–Trinajstić information content (AvgIpc) is 2.11. The third kappa shape index (κ3) is 3.65. The molecular weight excluding hydrogens is 305 g/mol. The second kappa shape index (κ2) is 5.70. The van der Waals surface area contributed by atoms with Gasteiger partial charge in [-0.05, 0) is 12.1 Å². The Morgan fingerprint density at radius 2 is 2.00 bits per heavy atom. The second-order valence-corrected chi connectivity index (χ2v) is 4.46. The summed E-state index contributed by atoms with van der Waals surface area (Å²) in [5.74, 6) is -0.302. The van der Waals surface area contributed by atoms with E-state index in [2.05, 4.69) is 26.0 Å². The van der Waals surface area contributed by atoms with Gasteiger partial charge in [0.15, 0.2) is 0 Å². The van der Waals surface area contributed by atoms with Crippen molar-refractivity contribution in [2.45, 2.75) is 0 Å². The van der Waals surface area contributed by atoms with Gasteiger partial charge in [-0.25, -0.2) is 0 Å². The van der Waals surface area contributed by atoms with Crippen LogP contribution in [0.15, 0.2) is 16.6 Å². The normalized spacial score (nSPS) is 10.1. The van der Waals surface area contributed by atoms with Gasteiger partial charge in [-0.1, -0.05) is 39.1 Å². The summed E-state index contributed by atoms with van der Waals surface area (Å²) in [5, 5.41) is 3.31. The second-order valence-electron chi connectivity index (χ2n) is 2.73. The molecule has 3 nitrogen and oxygen atoms in total. The summed E-state index contributed by atoms with van der Waals surface area (Å²) in [5.41, 5.74) is 0.392. The SMILES string of the molecule is COCC(=O)Nc1c(Cl)cc(Br)cc1Cl. The van der Waals surface area contributed by atoms with E-state index < -0.39 is 0 Å². The molecule has 0 aliphatic rings. The number of rotatable bonds is 3. The molecule has 0 saturated heterocycles. The van der Waals surface area contributed by atoms with E-state index in [9.17, 15) is 4.79 Å². The zero-order valence-corrected chi connectivity index (χ0v) is 10.9. The molecule has 1 aromatic carbocycles. The van der Waals surface area contributed by atoms with Crippen LogP contribution in [0.2, 0.25) is 10.0 Å². The van der Waals surface area contributed by atoms with Crippen molar-refractivity contribution in [1.29, 1.82) is 0 Å². The van der Waals surface area contributed by atoms with E-state index in [4.69, 9.17) is 23.2 Å². The first-order chi connectivity index (χ1) is 7.04. The Balaban J connectivity index is 2.90. The Labute approximate surface area is 106 Å². The van der Waals surface area contributed by atoms with E-state index in [1.54, 1.807) is 12.1 Å². The van der Waals surface area contributed by atoms with Gasteiger partial charge in [0.2, 0.25) is 5.91 Å². The van der Waals surface area contributed by atoms with Gasteiger partial charge in [0.05, 0.1) is 15.7 Å². The third-order valence-corrected chi connectivity index (χ3v) is 2.60. The van der Waals surface area contributed by atoms with Gasteiger partial charge in [0.1, 0.15) is 6.61 Å². The summed E-state index contributed by atoms with van der Waals surface area (Å²) in [4.78, 5) is 11.2. The Hall–Kier alpha value is -0.290. The van der Waals surface area contributed by atoms with Gasteiger partial charge >= 0.3 is 0 Å². The fourth-order valence-corrected chi connectivity index (χ4v) is 2.27. The first-order valence-electron chi connectivity index (χ1n) is 3.98. The summed E-state index contributed by atoms with van der Waals surface area (Å²) in [6.07, 6.45) is 0. The van der Waals surface area contributed by atoms with Crippen molar-refractivity contribution in [1.82, 2.24) is 0 Å². The molecular formula is C9H8BrCl2NO2. The lowest BCUT2D eigenvalue weighted by atomic mass is 10.3. The highest BCUT2D eigenvalue weighted by molar-refractivity contribution is 9.10. The number of carbonyl (C=O) groups is 1. The predicted molar refractivity (Wildman–Crippen MR) is 64.7 cm³/mol. The molecule has 15 heavy (non-hydrogen) atoms. The lowest BCUT2D eigenvalue weighted by molar-refractivity contribution is -0.119. The first kappa shape index (κ1) is 12.8. The van der Waals surface area contributed by atoms with Gasteiger partial charge in [0, 0.05) is 11.6 Å². The maximum Gasteiger partial charge on any atom is 0.250 e. The van der Waals surface area contributed by atoms with Crippen molar-refractivity contribution in [3.05, 3.63) is 26.7 Å². The topological polar surface area (TPSA) is 38.3 Å². The Morgan fingerprint density at radius 1 is 1.47 bits per heavy atom. The molecule has 1 amide bonds. The number of methoxy groups -OCH3 is 1. The number of hydrogen-bond donors (Lipinski definition) is 1. The first-order valence-corrected chi connectivity index (χ1v) is 5.53. The van der Waals surface area contributed by atoms with Crippen molar-refractivity contribution in [2.75, 3.05) is 19.0 Å². The van der Waals surface area contributed by atoms with Crippen molar-refractivity contribution in [3.63, 3.8) is 0 Å². The maximum atomic E-state index is 11.2. The van der Waals surface area contributed by atoms with Crippen LogP contribution in [0.5, 0.6) is 0 Å². The number of hydrogen-bond acceptors (Lipinski definition) is 2. The van der Waals surface area contributed by atoms with Crippen molar-refractivity contribution < 1.29 is 9.53 Å². The molecule has 82 valence electrons. The van der Waals surface area contributed by atoms with Gasteiger partial charge in [0.25, 0.3) is 0 Å². The zero-order valence-electron chi connectivity index (χ0n) is 7.81. The maximum absolute atomic E-state index is 11.2. The van der Waals surface area contributed by atoms with Crippen LogP contribution in [0.3, 0.4) is 0 Å². The number of halogens is 3. The van der Waals surface area contributed by atoms with E-state index in [1.807, 2.05) is 0 Å². The smallest absolute Gasteiger partial charge is 0.250 e. The molecule has 0 aliphatic heterocycles. The van der Waals surface area contributed by atoms with Crippen LogP contribution in [-0.4, -0.2) is 19.6 Å². The van der Waals surface area contributed by atoms with Gasteiger partial charge in [-0.2, -0.15) is 0 Å². The molecule has 0 fully saturated rings. The van der Waals surface area contributed by atoms with Crippen LogP contribution in [0.4, 0.5) is 5.69 Å². The minimum Gasteiger partial charge on any atom is -0.375 e. The van der Waals surface area contributed by atoms with E-state index >= 15 is 0 Å². The molecule has 0 aromatic heterocycles. The molecule has 0 spiro atoms. The highest BCUT2D eigenvalue weighted by atomic mass is 79.9.